The Morgan fingerprint density at radius 3 is 1.12 bits per heavy atom. The zero-order valence-electron chi connectivity index (χ0n) is 77.9. The highest BCUT2D eigenvalue weighted by atomic mass is 16.4. The van der Waals surface area contributed by atoms with Crippen LogP contribution in [0.25, 0.3) is 0 Å². The number of unbranched alkanes of at least 4 members (excludes halogenated alkanes) is 1. The van der Waals surface area contributed by atoms with E-state index in [0.717, 1.165) is 13.8 Å². The second kappa shape index (κ2) is 60.5. The van der Waals surface area contributed by atoms with Gasteiger partial charge in [0.1, 0.15) is 102 Å². The number of hydrogen-bond acceptors (Lipinski definition) is 30. The van der Waals surface area contributed by atoms with Crippen LogP contribution in [0.3, 0.4) is 0 Å². The van der Waals surface area contributed by atoms with Gasteiger partial charge in [-0.1, -0.05) is 84.4 Å². The van der Waals surface area contributed by atoms with Crippen LogP contribution in [0.15, 0.2) is 72.8 Å². The van der Waals surface area contributed by atoms with Gasteiger partial charge >= 0.3 is 11.9 Å². The number of primary amides is 1. The molecule has 16 atom stereocenters. The number of phenols is 3. The van der Waals surface area contributed by atoms with Crippen molar-refractivity contribution in [3.05, 3.63) is 89.5 Å². The number of amides is 19. The molecule has 3 rings (SSSR count). The van der Waals surface area contributed by atoms with Gasteiger partial charge in [-0.25, -0.2) is 0 Å². The number of phenolic OH excluding ortho intramolecular Hbond substituents is 3. The third-order valence-electron chi connectivity index (χ3n) is 21.0. The van der Waals surface area contributed by atoms with Gasteiger partial charge in [0.05, 0.1) is 64.4 Å². The maximum atomic E-state index is 14.7. The molecule has 36 N–H and O–H groups in total. The highest BCUT2D eigenvalue weighted by molar-refractivity contribution is 6.02. The Kier molecular flexibility index (Phi) is 51.4. The molecule has 0 radical (unpaired) electrons. The smallest absolute Gasteiger partial charge is 0.322 e. The maximum absolute atomic E-state index is 14.7. The number of nitrogens with one attached hydrogen (secondary N) is 20. The molecular formula is C86H130N24O29. The summed E-state index contributed by atoms with van der Waals surface area (Å²) in [6.45, 7) is 5.46. The number of nitrogens with two attached hydrogens (primary N) is 4. The van der Waals surface area contributed by atoms with Crippen LogP contribution in [0.2, 0.25) is 0 Å². The van der Waals surface area contributed by atoms with E-state index in [1.807, 2.05) is 16.0 Å². The minimum absolute atomic E-state index is 0.0183. The van der Waals surface area contributed by atoms with Crippen LogP contribution in [0.4, 0.5) is 0 Å². The minimum Gasteiger partial charge on any atom is -0.508 e. The van der Waals surface area contributed by atoms with Crippen molar-refractivity contribution in [2.45, 2.75) is 217 Å². The summed E-state index contributed by atoms with van der Waals surface area (Å²) in [4.78, 5) is 282. The van der Waals surface area contributed by atoms with E-state index < -0.39 is 304 Å². The molecule has 0 aliphatic heterocycles. The Hall–Kier alpha value is -15.0. The third-order valence-corrected chi connectivity index (χ3v) is 21.0. The quantitative estimate of drug-likeness (QED) is 0.0142. The molecular weight excluding hydrogens is 1830 g/mol. The number of aliphatic hydroxyl groups excluding tert-OH is 3. The van der Waals surface area contributed by atoms with Crippen molar-refractivity contribution in [3.8, 4) is 17.2 Å². The first-order chi connectivity index (χ1) is 65.4. The molecule has 0 saturated heterocycles. The number of aromatic hydroxyl groups is 3. The van der Waals surface area contributed by atoms with Crippen LogP contribution in [0, 0.1) is 23.2 Å². The lowest BCUT2D eigenvalue weighted by atomic mass is 9.96. The summed E-state index contributed by atoms with van der Waals surface area (Å²) in [6, 6.07) is -7.29. The average molecular weight is 1960 g/mol. The zero-order valence-corrected chi connectivity index (χ0v) is 77.9. The summed E-state index contributed by atoms with van der Waals surface area (Å²) in [5.41, 5.74) is 23.4. The highest BCUT2D eigenvalue weighted by Crippen LogP contribution is 2.19. The van der Waals surface area contributed by atoms with Gasteiger partial charge in [0.25, 0.3) is 0 Å². The molecule has 0 fully saturated rings. The molecule has 0 aliphatic rings. The largest absolute Gasteiger partial charge is 0.508 e. The van der Waals surface area contributed by atoms with Crippen molar-refractivity contribution in [2.24, 2.45) is 40.7 Å². The molecule has 3 aromatic rings. The van der Waals surface area contributed by atoms with Crippen LogP contribution < -0.4 is 124 Å². The zero-order chi connectivity index (χ0) is 105. The van der Waals surface area contributed by atoms with E-state index in [1.165, 1.54) is 86.6 Å². The van der Waals surface area contributed by atoms with E-state index in [0.29, 0.717) is 24.8 Å². The molecule has 0 bridgehead atoms. The Bertz CT molecular complexity index is 4740. The molecule has 139 heavy (non-hydrogen) atoms. The predicted octanol–water partition coefficient (Wildman–Crippen LogP) is -11.4. The van der Waals surface area contributed by atoms with Crippen LogP contribution >= 0.6 is 0 Å². The first-order valence-corrected chi connectivity index (χ1v) is 44.2. The number of hydrogen-bond donors (Lipinski definition) is 32. The predicted molar refractivity (Wildman–Crippen MR) is 490 cm³/mol. The molecule has 0 spiro atoms. The fourth-order valence-electron chi connectivity index (χ4n) is 12.8. The Labute approximate surface area is 798 Å². The normalized spacial score (nSPS) is 14.4. The van der Waals surface area contributed by atoms with Gasteiger partial charge in [-0.2, -0.15) is 0 Å². The van der Waals surface area contributed by atoms with Crippen LogP contribution in [0.1, 0.15) is 123 Å². The summed E-state index contributed by atoms with van der Waals surface area (Å²) in [5, 5.41) is 132. The molecule has 3 aromatic carbocycles. The molecule has 0 aliphatic carbocycles. The van der Waals surface area contributed by atoms with Crippen molar-refractivity contribution in [1.29, 1.82) is 5.41 Å². The van der Waals surface area contributed by atoms with Gasteiger partial charge in [0.2, 0.25) is 112 Å². The van der Waals surface area contributed by atoms with Crippen LogP contribution in [0.5, 0.6) is 17.2 Å². The Balaban J connectivity index is 1.77. The number of carbonyl (C=O) groups excluding carboxylic acids is 19. The topological polar surface area (TPSA) is 877 Å². The number of aliphatic hydroxyl groups is 3. The lowest BCUT2D eigenvalue weighted by Gasteiger charge is -2.29. The van der Waals surface area contributed by atoms with Gasteiger partial charge in [0, 0.05) is 25.8 Å². The number of aliphatic carboxylic acids is 2. The fourth-order valence-corrected chi connectivity index (χ4v) is 12.8. The van der Waals surface area contributed by atoms with E-state index in [2.05, 4.69) is 85.1 Å². The summed E-state index contributed by atoms with van der Waals surface area (Å²) in [5.74, 6) is -26.8. The summed E-state index contributed by atoms with van der Waals surface area (Å²) in [7, 11) is 0. The molecule has 0 unspecified atom stereocenters. The van der Waals surface area contributed by atoms with E-state index >= 15 is 0 Å². The van der Waals surface area contributed by atoms with Crippen LogP contribution in [-0.4, -0.2) is 321 Å². The monoisotopic (exact) mass is 1960 g/mol. The van der Waals surface area contributed by atoms with Gasteiger partial charge in [-0.05, 0) is 123 Å². The molecule has 19 amide bonds. The maximum Gasteiger partial charge on any atom is 0.322 e. The minimum atomic E-state index is -2.19. The lowest BCUT2D eigenvalue weighted by Crippen LogP contribution is -2.62. The number of carboxylic acids is 2. The van der Waals surface area contributed by atoms with Crippen molar-refractivity contribution in [1.82, 2.24) is 101 Å². The highest BCUT2D eigenvalue weighted by Gasteiger charge is 2.40. The number of carboxylic acid groups (broad SMARTS) is 2. The second-order valence-electron chi connectivity index (χ2n) is 33.1. The van der Waals surface area contributed by atoms with Crippen LogP contribution in [-0.2, 0) is 120 Å². The molecule has 0 aromatic heterocycles. The molecule has 768 valence electrons. The van der Waals surface area contributed by atoms with Gasteiger partial charge in [-0.15, -0.1) is 0 Å². The van der Waals surface area contributed by atoms with E-state index in [9.17, 15) is 136 Å². The summed E-state index contributed by atoms with van der Waals surface area (Å²) >= 11 is 0. The van der Waals surface area contributed by atoms with Crippen molar-refractivity contribution >= 4 is 130 Å². The first-order valence-electron chi connectivity index (χ1n) is 44.2. The SMILES string of the molecule is CC[C@H](C)[C@H](NC(=O)[C@@H](N)C(C)C)C(=O)N[C@@H](Cc1ccc(O)cc1)C(=O)N[C@@H](CCCNC(=N)N)C(=O)NCC(=O)NCC(=O)N[C@@H](CO)C(=O)NCC(=O)N[C@@H](CC(=O)O)C(=O)N[C@@H](CC(N)=O)C(=O)N[C@H](C(=O)N[C@@H](Cc1ccc(O)cc1)C(=O)N[C@@H](Cc1ccc(O)cc1)C(=O)N[C@@H](C)C(=O)NCC(=O)N[C@@H](CO)C(=O)N[C@H](C(=O)N[C@@H](CCCCN)C(=O)NCC(=O)O)C(C)C)[C@@H](C)O. The number of guanidine groups is 1. The Morgan fingerprint density at radius 1 is 0.345 bits per heavy atom. The molecule has 53 nitrogen and oxygen atoms in total. The number of benzene rings is 3. The van der Waals surface area contributed by atoms with E-state index in [1.54, 1.807) is 27.7 Å². The van der Waals surface area contributed by atoms with Crippen molar-refractivity contribution in [2.75, 3.05) is 59.0 Å². The average Bonchev–Trinajstić information content (AvgIpc) is 0.837. The summed E-state index contributed by atoms with van der Waals surface area (Å²) < 4.78 is 0. The van der Waals surface area contributed by atoms with Crippen molar-refractivity contribution < 1.29 is 142 Å². The molecule has 0 heterocycles. The number of carbonyl (C=O) groups is 21. The van der Waals surface area contributed by atoms with Gasteiger partial charge < -0.3 is 165 Å². The van der Waals surface area contributed by atoms with E-state index in [4.69, 9.17) is 33.5 Å². The Morgan fingerprint density at radius 2 is 0.691 bits per heavy atom. The summed E-state index contributed by atoms with van der Waals surface area (Å²) in [6.07, 6.45) is -4.42. The second-order valence-corrected chi connectivity index (χ2v) is 33.1. The van der Waals surface area contributed by atoms with Gasteiger partial charge in [-0.3, -0.25) is 106 Å². The van der Waals surface area contributed by atoms with Gasteiger partial charge in [0.15, 0.2) is 5.96 Å². The standard InChI is InChI=1S/C86H130N24O29/c1-9-43(6)70(109-82(136)68(89)41(2)3)84(138)106-55(30-47-17-23-50(115)24-18-47)77(131)102-53(14-12-28-92-86(90)91)73(127)95-34-62(118)93-35-63(119)100-59(39-111)75(129)96-37-64(120)99-58(33-66(122)123)79(133)105-57(32-61(88)117)80(134)110-71(45(8)113)85(139)107-56(31-48-19-25-51(116)26-20-48)78(132)104-54(29-46-15-21-49(114)22-16-46)76(130)98-44(7)72(126)94-36-65(121)101-60(40-112)81(135)108-69(42(4)5)83(137)103-52(13-10-11-27-87)74(128)97-38-67(124)125/h15-26,41-45,52-60,68-71,111-116H,9-14,27-40,87,89H2,1-8H3,(H2,88,117)(H,93,118)(H,94,126)(H,95,127)(H,96,129)(H,97,128)(H,98,130)(H,99,120)(H,100,119)(H,101,121)(H,102,131)(H,103,137)(H,104,132)(H,105,133)(H,106,138)(H,107,139)(H,108,135)(H,109,136)(H,110,134)(H,122,123)(H,124,125)(H4,90,91,92)/t43-,44-,45+,52-,53-,54-,55-,56-,57-,58-,59-,60-,68-,69-,70-,71-/m0/s1. The first kappa shape index (κ1) is 118. The number of rotatable bonds is 62. The molecule has 53 heteroatoms. The third kappa shape index (κ3) is 44.1. The van der Waals surface area contributed by atoms with Crippen molar-refractivity contribution in [3.63, 3.8) is 0 Å². The lowest BCUT2D eigenvalue weighted by molar-refractivity contribution is -0.142. The fraction of sp³-hybridized carbons (Fsp3) is 0.535. The van der Waals surface area contributed by atoms with E-state index in [-0.39, 0.29) is 73.1 Å². The molecule has 0 saturated carbocycles.